The number of halogens is 1. The average molecular weight is 280 g/mol. The molecule has 1 aromatic carbocycles. The molecular weight excluding hydrogens is 267 g/mol. The zero-order valence-electron chi connectivity index (χ0n) is 10.6. The van der Waals surface area contributed by atoms with Crippen molar-refractivity contribution in [2.45, 2.75) is 13.0 Å². The van der Waals surface area contributed by atoms with Crippen molar-refractivity contribution in [2.24, 2.45) is 5.73 Å². The van der Waals surface area contributed by atoms with E-state index >= 15 is 0 Å². The van der Waals surface area contributed by atoms with E-state index < -0.39 is 24.0 Å². The number of urea groups is 1. The number of esters is 1. The summed E-state index contributed by atoms with van der Waals surface area (Å²) in [6.45, 7) is 1.29. The largest absolute Gasteiger partial charge is 0.449 e. The van der Waals surface area contributed by atoms with Gasteiger partial charge in [-0.1, -0.05) is 12.1 Å². The molecule has 106 valence electrons. The van der Waals surface area contributed by atoms with Gasteiger partial charge in [0.05, 0.1) is 0 Å². The van der Waals surface area contributed by atoms with Crippen LogP contribution in [0.3, 0.4) is 0 Å². The fourth-order valence-corrected chi connectivity index (χ4v) is 1.23. The van der Waals surface area contributed by atoms with Crippen LogP contribution in [0.4, 0.5) is 9.18 Å². The maximum atomic E-state index is 12.7. The maximum Gasteiger partial charge on any atom is 0.331 e. The molecule has 0 aromatic heterocycles. The van der Waals surface area contributed by atoms with Crippen LogP contribution in [0.25, 0.3) is 6.08 Å². The predicted octanol–water partition coefficient (Wildman–Crippen LogP) is 0.966. The van der Waals surface area contributed by atoms with E-state index in [1.807, 2.05) is 0 Å². The van der Waals surface area contributed by atoms with Gasteiger partial charge in [0, 0.05) is 6.08 Å². The van der Waals surface area contributed by atoms with Crippen molar-refractivity contribution in [3.63, 3.8) is 0 Å². The van der Waals surface area contributed by atoms with Crippen LogP contribution in [0.1, 0.15) is 12.5 Å². The van der Waals surface area contributed by atoms with Crippen molar-refractivity contribution in [1.82, 2.24) is 5.32 Å². The number of nitrogens with two attached hydrogens (primary N) is 1. The summed E-state index contributed by atoms with van der Waals surface area (Å²) in [4.78, 5) is 33.1. The Hall–Kier alpha value is -2.70. The van der Waals surface area contributed by atoms with Crippen LogP contribution >= 0.6 is 0 Å². The van der Waals surface area contributed by atoms with Gasteiger partial charge in [-0.05, 0) is 30.7 Å². The van der Waals surface area contributed by atoms with E-state index in [0.717, 1.165) is 6.08 Å². The summed E-state index contributed by atoms with van der Waals surface area (Å²) in [5.41, 5.74) is 5.35. The summed E-state index contributed by atoms with van der Waals surface area (Å²) in [5, 5.41) is 1.78. The lowest BCUT2D eigenvalue weighted by Gasteiger charge is -2.09. The molecule has 0 unspecified atom stereocenters. The molecule has 20 heavy (non-hydrogen) atoms. The van der Waals surface area contributed by atoms with E-state index in [2.05, 4.69) is 0 Å². The Labute approximate surface area is 114 Å². The van der Waals surface area contributed by atoms with Crippen molar-refractivity contribution in [2.75, 3.05) is 0 Å². The van der Waals surface area contributed by atoms with Gasteiger partial charge in [0.1, 0.15) is 5.82 Å². The third-order valence-corrected chi connectivity index (χ3v) is 2.19. The second kappa shape index (κ2) is 7.03. The lowest BCUT2D eigenvalue weighted by molar-refractivity contribution is -0.149. The summed E-state index contributed by atoms with van der Waals surface area (Å²) < 4.78 is 17.4. The van der Waals surface area contributed by atoms with Crippen molar-refractivity contribution < 1.29 is 23.5 Å². The Bertz CT molecular complexity index is 540. The highest BCUT2D eigenvalue weighted by atomic mass is 19.1. The second-order valence-corrected chi connectivity index (χ2v) is 3.82. The standard InChI is InChI=1S/C13H13FN2O4/c1-8(12(18)16-13(15)19)20-11(17)7-4-9-2-5-10(14)6-3-9/h2-8H,1H3,(H3,15,16,18,19)/b7-4+/t8-/m1/s1. The molecule has 0 fully saturated rings. The van der Waals surface area contributed by atoms with Crippen LogP contribution in [-0.4, -0.2) is 24.0 Å². The van der Waals surface area contributed by atoms with E-state index in [1.54, 1.807) is 5.32 Å². The fourth-order valence-electron chi connectivity index (χ4n) is 1.23. The molecule has 0 heterocycles. The highest BCUT2D eigenvalue weighted by Gasteiger charge is 2.17. The number of carbonyl (C=O) groups is 3. The highest BCUT2D eigenvalue weighted by molar-refractivity contribution is 5.97. The first-order valence-corrected chi connectivity index (χ1v) is 5.63. The Balaban J connectivity index is 2.52. The average Bonchev–Trinajstić information content (AvgIpc) is 2.37. The monoisotopic (exact) mass is 280 g/mol. The number of carbonyl (C=O) groups excluding carboxylic acids is 3. The van der Waals surface area contributed by atoms with Gasteiger partial charge >= 0.3 is 12.0 Å². The summed E-state index contributed by atoms with van der Waals surface area (Å²) in [5.74, 6) is -1.98. The van der Waals surface area contributed by atoms with Gasteiger partial charge in [0.15, 0.2) is 6.10 Å². The molecule has 0 aliphatic rings. The molecule has 1 rings (SSSR count). The van der Waals surface area contributed by atoms with Crippen LogP contribution in [0.15, 0.2) is 30.3 Å². The molecule has 3 N–H and O–H groups in total. The first kappa shape index (κ1) is 15.4. The minimum atomic E-state index is -1.16. The molecule has 0 radical (unpaired) electrons. The summed E-state index contributed by atoms with van der Waals surface area (Å²) in [6.07, 6.45) is 1.33. The Morgan fingerprint density at radius 3 is 2.45 bits per heavy atom. The van der Waals surface area contributed by atoms with Gasteiger partial charge in [-0.15, -0.1) is 0 Å². The van der Waals surface area contributed by atoms with E-state index in [4.69, 9.17) is 10.5 Å². The molecule has 6 nitrogen and oxygen atoms in total. The van der Waals surface area contributed by atoms with E-state index in [9.17, 15) is 18.8 Å². The summed E-state index contributed by atoms with van der Waals surface area (Å²) >= 11 is 0. The van der Waals surface area contributed by atoms with Crippen molar-refractivity contribution in [1.29, 1.82) is 0 Å². The molecular formula is C13H13FN2O4. The molecule has 0 saturated heterocycles. The minimum Gasteiger partial charge on any atom is -0.449 e. The molecule has 0 aliphatic carbocycles. The summed E-state index contributed by atoms with van der Waals surface area (Å²) in [7, 11) is 0. The Kier molecular flexibility index (Phi) is 5.40. The van der Waals surface area contributed by atoms with Gasteiger partial charge in [0.25, 0.3) is 5.91 Å². The maximum absolute atomic E-state index is 12.7. The number of rotatable bonds is 4. The van der Waals surface area contributed by atoms with Gasteiger partial charge in [-0.25, -0.2) is 14.0 Å². The van der Waals surface area contributed by atoms with Crippen LogP contribution in [0, 0.1) is 5.82 Å². The molecule has 0 aliphatic heterocycles. The molecule has 0 bridgehead atoms. The van der Waals surface area contributed by atoms with Crippen LogP contribution in [-0.2, 0) is 14.3 Å². The second-order valence-electron chi connectivity index (χ2n) is 3.82. The zero-order chi connectivity index (χ0) is 15.1. The Morgan fingerprint density at radius 2 is 1.90 bits per heavy atom. The number of hydrogen-bond acceptors (Lipinski definition) is 4. The first-order chi connectivity index (χ1) is 9.38. The number of primary amides is 1. The number of nitrogens with one attached hydrogen (secondary N) is 1. The highest BCUT2D eigenvalue weighted by Crippen LogP contribution is 2.05. The first-order valence-electron chi connectivity index (χ1n) is 5.63. The molecule has 1 aromatic rings. The van der Waals surface area contributed by atoms with Gasteiger partial charge < -0.3 is 10.5 Å². The molecule has 0 spiro atoms. The van der Waals surface area contributed by atoms with Crippen LogP contribution < -0.4 is 11.1 Å². The molecule has 1 atom stereocenters. The van der Waals surface area contributed by atoms with Crippen molar-refractivity contribution in [3.05, 3.63) is 41.7 Å². The zero-order valence-corrected chi connectivity index (χ0v) is 10.6. The minimum absolute atomic E-state index is 0.388. The van der Waals surface area contributed by atoms with E-state index in [1.165, 1.54) is 37.3 Å². The number of hydrogen-bond donors (Lipinski definition) is 2. The molecule has 7 heteroatoms. The van der Waals surface area contributed by atoms with Crippen LogP contribution in [0.2, 0.25) is 0 Å². The third-order valence-electron chi connectivity index (χ3n) is 2.19. The number of benzene rings is 1. The van der Waals surface area contributed by atoms with Crippen molar-refractivity contribution >= 4 is 24.0 Å². The molecule has 3 amide bonds. The number of imide groups is 1. The normalized spacial score (nSPS) is 11.9. The van der Waals surface area contributed by atoms with Gasteiger partial charge in [0.2, 0.25) is 0 Å². The SMILES string of the molecule is C[C@@H](OC(=O)/C=C/c1ccc(F)cc1)C(=O)NC(N)=O. The van der Waals surface area contributed by atoms with Gasteiger partial charge in [-0.2, -0.15) is 0 Å². The summed E-state index contributed by atoms with van der Waals surface area (Å²) in [6, 6.07) is 4.41. The van der Waals surface area contributed by atoms with E-state index in [-0.39, 0.29) is 5.82 Å². The lowest BCUT2D eigenvalue weighted by Crippen LogP contribution is -2.42. The smallest absolute Gasteiger partial charge is 0.331 e. The third kappa shape index (κ3) is 5.30. The predicted molar refractivity (Wildman–Crippen MR) is 68.7 cm³/mol. The molecule has 0 saturated carbocycles. The number of amides is 3. The van der Waals surface area contributed by atoms with Gasteiger partial charge in [-0.3, -0.25) is 10.1 Å². The van der Waals surface area contributed by atoms with E-state index in [0.29, 0.717) is 5.56 Å². The van der Waals surface area contributed by atoms with Crippen molar-refractivity contribution in [3.8, 4) is 0 Å². The Morgan fingerprint density at radius 1 is 1.30 bits per heavy atom. The van der Waals surface area contributed by atoms with Crippen LogP contribution in [0.5, 0.6) is 0 Å². The number of ether oxygens (including phenoxy) is 1. The topological polar surface area (TPSA) is 98.5 Å². The lowest BCUT2D eigenvalue weighted by atomic mass is 10.2. The quantitative estimate of drug-likeness (QED) is 0.634. The fraction of sp³-hybridized carbons (Fsp3) is 0.154.